The van der Waals surface area contributed by atoms with E-state index in [4.69, 9.17) is 10.5 Å². The van der Waals surface area contributed by atoms with Crippen LogP contribution in [0.5, 0.6) is 0 Å². The van der Waals surface area contributed by atoms with Crippen molar-refractivity contribution in [3.05, 3.63) is 29.8 Å². The Morgan fingerprint density at radius 1 is 1.35 bits per heavy atom. The number of hydrogen-bond acceptors (Lipinski definition) is 3. The number of nitrogens with two attached hydrogens (primary N) is 1. The number of nitrogen functional groups attached to an aromatic ring is 1. The number of nitrogens with one attached hydrogen (secondary N) is 1. The molecule has 4 nitrogen and oxygen atoms in total. The first kappa shape index (κ1) is 13.5. The number of anilines is 1. The van der Waals surface area contributed by atoms with Crippen LogP contribution in [0.4, 0.5) is 5.69 Å². The zero-order chi connectivity index (χ0) is 12.5. The van der Waals surface area contributed by atoms with E-state index >= 15 is 0 Å². The van der Waals surface area contributed by atoms with Gasteiger partial charge in [0.1, 0.15) is 0 Å². The molecule has 0 aliphatic carbocycles. The third-order valence-electron chi connectivity index (χ3n) is 2.39. The van der Waals surface area contributed by atoms with Gasteiger partial charge in [0.15, 0.2) is 0 Å². The largest absolute Gasteiger partial charge is 0.399 e. The average molecular weight is 236 g/mol. The minimum atomic E-state index is 0.0360. The molecule has 1 amide bonds. The summed E-state index contributed by atoms with van der Waals surface area (Å²) < 4.78 is 5.11. The van der Waals surface area contributed by atoms with Gasteiger partial charge in [-0.25, -0.2) is 0 Å². The topological polar surface area (TPSA) is 64.3 Å². The molecule has 0 fully saturated rings. The van der Waals surface area contributed by atoms with Crippen molar-refractivity contribution < 1.29 is 9.53 Å². The Balaban J connectivity index is 2.14. The van der Waals surface area contributed by atoms with Gasteiger partial charge in [0.05, 0.1) is 6.61 Å². The highest BCUT2D eigenvalue weighted by Crippen LogP contribution is 2.05. The molecular formula is C13H20N2O2. The molecule has 0 aliphatic rings. The van der Waals surface area contributed by atoms with Crippen molar-refractivity contribution in [3.63, 3.8) is 0 Å². The molecule has 0 atom stereocenters. The molecule has 94 valence electrons. The number of rotatable bonds is 7. The molecule has 0 spiro atoms. The molecule has 3 N–H and O–H groups in total. The van der Waals surface area contributed by atoms with Crippen molar-refractivity contribution in [2.75, 3.05) is 25.5 Å². The number of ether oxygens (including phenoxy) is 1. The summed E-state index contributed by atoms with van der Waals surface area (Å²) in [6.45, 7) is 3.71. The van der Waals surface area contributed by atoms with Crippen molar-refractivity contribution in [1.82, 2.24) is 5.32 Å². The van der Waals surface area contributed by atoms with E-state index in [1.807, 2.05) is 31.2 Å². The second-order valence-corrected chi connectivity index (χ2v) is 3.79. The number of hydrogen-bond donors (Lipinski definition) is 2. The lowest BCUT2D eigenvalue weighted by Crippen LogP contribution is -2.26. The fourth-order valence-electron chi connectivity index (χ4n) is 1.43. The van der Waals surface area contributed by atoms with Crippen molar-refractivity contribution in [1.29, 1.82) is 0 Å². The van der Waals surface area contributed by atoms with Gasteiger partial charge in [0.25, 0.3) is 0 Å². The van der Waals surface area contributed by atoms with E-state index in [2.05, 4.69) is 5.32 Å². The predicted octanol–water partition coefficient (Wildman–Crippen LogP) is 1.35. The van der Waals surface area contributed by atoms with E-state index in [0.717, 1.165) is 12.1 Å². The zero-order valence-electron chi connectivity index (χ0n) is 10.2. The normalized spacial score (nSPS) is 10.2. The van der Waals surface area contributed by atoms with Crippen LogP contribution >= 0.6 is 0 Å². The number of benzene rings is 1. The molecule has 1 rings (SSSR count). The quantitative estimate of drug-likeness (QED) is 0.555. The van der Waals surface area contributed by atoms with E-state index in [1.165, 1.54) is 5.56 Å². The number of amides is 1. The lowest BCUT2D eigenvalue weighted by Gasteiger charge is -2.05. The molecular weight excluding hydrogens is 216 g/mol. The third kappa shape index (κ3) is 5.92. The average Bonchev–Trinajstić information content (AvgIpc) is 2.32. The summed E-state index contributed by atoms with van der Waals surface area (Å²) >= 11 is 0. The molecule has 17 heavy (non-hydrogen) atoms. The Hall–Kier alpha value is -1.55. The minimum absolute atomic E-state index is 0.0360. The maximum atomic E-state index is 11.4. The lowest BCUT2D eigenvalue weighted by atomic mass is 10.1. The van der Waals surface area contributed by atoms with Crippen LogP contribution in [0.3, 0.4) is 0 Å². The Labute approximate surface area is 102 Å². The van der Waals surface area contributed by atoms with Crippen LogP contribution in [0.25, 0.3) is 0 Å². The fourth-order valence-corrected chi connectivity index (χ4v) is 1.43. The van der Waals surface area contributed by atoms with Gasteiger partial charge in [0.2, 0.25) is 5.91 Å². The van der Waals surface area contributed by atoms with Gasteiger partial charge in [-0.05, 0) is 31.0 Å². The molecule has 4 heteroatoms. The molecule has 0 bridgehead atoms. The second kappa shape index (κ2) is 7.68. The highest BCUT2D eigenvalue weighted by Gasteiger charge is 2.00. The maximum absolute atomic E-state index is 11.4. The van der Waals surface area contributed by atoms with Crippen molar-refractivity contribution >= 4 is 11.6 Å². The summed E-state index contributed by atoms with van der Waals surface area (Å²) in [7, 11) is 0. The first-order chi connectivity index (χ1) is 8.22. The van der Waals surface area contributed by atoms with Crippen molar-refractivity contribution in [3.8, 4) is 0 Å². The van der Waals surface area contributed by atoms with E-state index in [1.54, 1.807) is 0 Å². The number of carbonyl (C=O) groups excluding carboxylic acids is 1. The Morgan fingerprint density at radius 3 is 2.71 bits per heavy atom. The van der Waals surface area contributed by atoms with Gasteiger partial charge < -0.3 is 15.8 Å². The predicted molar refractivity (Wildman–Crippen MR) is 68.7 cm³/mol. The van der Waals surface area contributed by atoms with Gasteiger partial charge >= 0.3 is 0 Å². The van der Waals surface area contributed by atoms with Gasteiger partial charge in [-0.15, -0.1) is 0 Å². The van der Waals surface area contributed by atoms with Gasteiger partial charge in [0, 0.05) is 25.3 Å². The van der Waals surface area contributed by atoms with Gasteiger partial charge in [-0.1, -0.05) is 12.1 Å². The van der Waals surface area contributed by atoms with E-state index in [0.29, 0.717) is 26.2 Å². The van der Waals surface area contributed by atoms with Gasteiger partial charge in [-0.2, -0.15) is 0 Å². The number of carbonyl (C=O) groups is 1. The van der Waals surface area contributed by atoms with Crippen molar-refractivity contribution in [2.45, 2.75) is 19.8 Å². The van der Waals surface area contributed by atoms with Crippen LogP contribution in [0, 0.1) is 0 Å². The highest BCUT2D eigenvalue weighted by molar-refractivity contribution is 5.75. The lowest BCUT2D eigenvalue weighted by molar-refractivity contribution is -0.122. The molecule has 0 aliphatic heterocycles. The Morgan fingerprint density at radius 2 is 2.06 bits per heavy atom. The molecule has 0 heterocycles. The van der Waals surface area contributed by atoms with Crippen LogP contribution in [0.2, 0.25) is 0 Å². The zero-order valence-corrected chi connectivity index (χ0v) is 10.2. The van der Waals surface area contributed by atoms with Crippen LogP contribution < -0.4 is 11.1 Å². The summed E-state index contributed by atoms with van der Waals surface area (Å²) in [4.78, 5) is 11.4. The smallest absolute Gasteiger partial charge is 0.222 e. The first-order valence-electron chi connectivity index (χ1n) is 5.91. The molecule has 0 aromatic heterocycles. The van der Waals surface area contributed by atoms with Gasteiger partial charge in [-0.3, -0.25) is 4.79 Å². The standard InChI is InChI=1S/C13H20N2O2/c1-2-17-10-8-13(16)15-9-7-11-3-5-12(14)6-4-11/h3-6H,2,7-10,14H2,1H3,(H,15,16). The van der Waals surface area contributed by atoms with E-state index in [-0.39, 0.29) is 5.91 Å². The monoisotopic (exact) mass is 236 g/mol. The van der Waals surface area contributed by atoms with Crippen molar-refractivity contribution in [2.24, 2.45) is 0 Å². The van der Waals surface area contributed by atoms with Crippen LogP contribution in [0.15, 0.2) is 24.3 Å². The molecule has 0 saturated carbocycles. The van der Waals surface area contributed by atoms with E-state index < -0.39 is 0 Å². The van der Waals surface area contributed by atoms with Crippen LogP contribution in [-0.2, 0) is 16.0 Å². The second-order valence-electron chi connectivity index (χ2n) is 3.79. The fraction of sp³-hybridized carbons (Fsp3) is 0.462. The third-order valence-corrected chi connectivity index (χ3v) is 2.39. The SMILES string of the molecule is CCOCCC(=O)NCCc1ccc(N)cc1. The first-order valence-corrected chi connectivity index (χ1v) is 5.91. The summed E-state index contributed by atoms with van der Waals surface area (Å²) in [5, 5.41) is 2.85. The molecule has 0 radical (unpaired) electrons. The summed E-state index contributed by atoms with van der Waals surface area (Å²) in [5.41, 5.74) is 7.52. The van der Waals surface area contributed by atoms with Crippen LogP contribution in [-0.4, -0.2) is 25.7 Å². The Kier molecular flexibility index (Phi) is 6.10. The molecule has 0 saturated heterocycles. The van der Waals surface area contributed by atoms with Crippen LogP contribution in [0.1, 0.15) is 18.9 Å². The summed E-state index contributed by atoms with van der Waals surface area (Å²) in [6, 6.07) is 7.68. The molecule has 1 aromatic carbocycles. The summed E-state index contributed by atoms with van der Waals surface area (Å²) in [5.74, 6) is 0.0360. The molecule has 0 unspecified atom stereocenters. The maximum Gasteiger partial charge on any atom is 0.222 e. The molecule has 1 aromatic rings. The highest BCUT2D eigenvalue weighted by atomic mass is 16.5. The minimum Gasteiger partial charge on any atom is -0.399 e. The van der Waals surface area contributed by atoms with E-state index in [9.17, 15) is 4.79 Å². The Bertz CT molecular complexity index is 336. The summed E-state index contributed by atoms with van der Waals surface area (Å²) in [6.07, 6.45) is 1.25.